The third-order valence-corrected chi connectivity index (χ3v) is 5.75. The lowest BCUT2D eigenvalue weighted by Gasteiger charge is -2.35. The normalized spacial score (nSPS) is 18.0. The minimum absolute atomic E-state index is 0.0799. The summed E-state index contributed by atoms with van der Waals surface area (Å²) in [6.45, 7) is 10.4. The van der Waals surface area contributed by atoms with Gasteiger partial charge in [0.25, 0.3) is 0 Å². The van der Waals surface area contributed by atoms with E-state index in [2.05, 4.69) is 53.6 Å². The molecule has 0 aromatic heterocycles. The Morgan fingerprint density at radius 2 is 1.67 bits per heavy atom. The number of hydrogen-bond donors (Lipinski definition) is 1. The molecule has 4 nitrogen and oxygen atoms in total. The number of halogens is 3. The Bertz CT molecular complexity index is 581. The van der Waals surface area contributed by atoms with Gasteiger partial charge in [0.15, 0.2) is 0 Å². The van der Waals surface area contributed by atoms with Gasteiger partial charge in [-0.2, -0.15) is 13.2 Å². The van der Waals surface area contributed by atoms with Crippen LogP contribution in [-0.2, 0) is 11.2 Å². The van der Waals surface area contributed by atoms with Gasteiger partial charge >= 0.3 is 6.18 Å². The van der Waals surface area contributed by atoms with Gasteiger partial charge in [0, 0.05) is 38.3 Å². The minimum Gasteiger partial charge on any atom is -0.372 e. The van der Waals surface area contributed by atoms with Gasteiger partial charge in [0.05, 0.1) is 0 Å². The van der Waals surface area contributed by atoms with Crippen LogP contribution in [0.25, 0.3) is 0 Å². The first-order valence-electron chi connectivity index (χ1n) is 11.1. The summed E-state index contributed by atoms with van der Waals surface area (Å²) in [6.07, 6.45) is 1.52. The van der Waals surface area contributed by atoms with Gasteiger partial charge in [-0.25, -0.2) is 0 Å². The number of nitrogens with zero attached hydrogens (tertiary/aromatic N) is 2. The monoisotopic (exact) mass is 429 g/mol. The van der Waals surface area contributed by atoms with E-state index >= 15 is 0 Å². The van der Waals surface area contributed by atoms with E-state index in [1.54, 1.807) is 0 Å². The van der Waals surface area contributed by atoms with E-state index in [9.17, 15) is 13.2 Å². The van der Waals surface area contributed by atoms with Crippen molar-refractivity contribution in [3.8, 4) is 0 Å². The van der Waals surface area contributed by atoms with Crippen molar-refractivity contribution in [2.24, 2.45) is 11.7 Å². The molecule has 1 aliphatic carbocycles. The number of anilines is 1. The van der Waals surface area contributed by atoms with E-state index in [0.717, 1.165) is 38.5 Å². The maximum atomic E-state index is 11.8. The average Bonchev–Trinajstić information content (AvgIpc) is 2.74. The Morgan fingerprint density at radius 1 is 1.07 bits per heavy atom. The van der Waals surface area contributed by atoms with Gasteiger partial charge in [0.2, 0.25) is 6.41 Å². The first kappa shape index (κ1) is 26.3. The highest BCUT2D eigenvalue weighted by Gasteiger charge is 2.32. The topological polar surface area (TPSA) is 49.6 Å². The third kappa shape index (κ3) is 10.9. The molecule has 0 radical (unpaired) electrons. The van der Waals surface area contributed by atoms with Crippen molar-refractivity contribution in [3.05, 3.63) is 29.8 Å². The third-order valence-electron chi connectivity index (χ3n) is 5.75. The molecule has 0 bridgehead atoms. The molecular formula is C23H38F3N3O. The Morgan fingerprint density at radius 3 is 2.17 bits per heavy atom. The molecule has 1 heterocycles. The molecule has 1 saturated carbocycles. The number of likely N-dealkylation sites (N-methyl/N-ethyl adjacent to an activating group) is 1. The number of aryl methyl sites for hydroxylation is 1. The lowest BCUT2D eigenvalue weighted by Crippen LogP contribution is -2.46. The first-order valence-corrected chi connectivity index (χ1v) is 11.1. The van der Waals surface area contributed by atoms with Crippen LogP contribution < -0.4 is 10.6 Å². The molecule has 1 aromatic carbocycles. The summed E-state index contributed by atoms with van der Waals surface area (Å²) in [6, 6.07) is 8.97. The number of primary amides is 1. The molecule has 3 rings (SSSR count). The standard InChI is InChI=1S/C14H22N2.C8H13F3.CH3NO/c1-3-13-6-5-7-14(12-13)16-10-8-15(4-2)9-11-16;9-8(10,11)6-7-4-2-1-3-5-7;2-1-3/h5-7,12H,3-4,8-11H2,1-2H3;7H,1-6H2;1H,(H2,2,3). The predicted octanol–water partition coefficient (Wildman–Crippen LogP) is 5.01. The largest absolute Gasteiger partial charge is 0.389 e. The highest BCUT2D eigenvalue weighted by atomic mass is 19.4. The van der Waals surface area contributed by atoms with Gasteiger partial charge in [-0.05, 0) is 36.6 Å². The number of alkyl halides is 3. The van der Waals surface area contributed by atoms with Crippen LogP contribution in [0.2, 0.25) is 0 Å². The summed E-state index contributed by atoms with van der Waals surface area (Å²) in [4.78, 5) is 13.6. The van der Waals surface area contributed by atoms with Crippen LogP contribution >= 0.6 is 0 Å². The molecule has 7 heteroatoms. The van der Waals surface area contributed by atoms with Gasteiger partial charge in [-0.1, -0.05) is 58.1 Å². The lowest BCUT2D eigenvalue weighted by atomic mass is 9.87. The number of rotatable bonds is 4. The Labute approximate surface area is 179 Å². The molecule has 0 atom stereocenters. The Hall–Kier alpha value is -1.76. The highest BCUT2D eigenvalue weighted by Crippen LogP contribution is 2.33. The van der Waals surface area contributed by atoms with Gasteiger partial charge in [-0.3, -0.25) is 4.79 Å². The van der Waals surface area contributed by atoms with Crippen LogP contribution in [0.5, 0.6) is 0 Å². The molecule has 1 aromatic rings. The van der Waals surface area contributed by atoms with E-state index in [0.29, 0.717) is 0 Å². The zero-order valence-corrected chi connectivity index (χ0v) is 18.5. The summed E-state index contributed by atoms with van der Waals surface area (Å²) >= 11 is 0. The Kier molecular flexibility index (Phi) is 12.5. The second-order valence-electron chi connectivity index (χ2n) is 7.90. The molecule has 1 aliphatic heterocycles. The summed E-state index contributed by atoms with van der Waals surface area (Å²) in [7, 11) is 0. The smallest absolute Gasteiger partial charge is 0.372 e. The molecule has 2 N–H and O–H groups in total. The van der Waals surface area contributed by atoms with Crippen molar-refractivity contribution in [1.29, 1.82) is 0 Å². The number of amides is 1. The fourth-order valence-electron chi connectivity index (χ4n) is 4.01. The average molecular weight is 430 g/mol. The number of carbonyl (C=O) groups excluding carboxylic acids is 1. The van der Waals surface area contributed by atoms with Crippen LogP contribution in [0.4, 0.5) is 18.9 Å². The summed E-state index contributed by atoms with van der Waals surface area (Å²) < 4.78 is 35.5. The molecule has 0 spiro atoms. The molecule has 1 saturated heterocycles. The number of carbonyl (C=O) groups is 1. The van der Waals surface area contributed by atoms with Gasteiger partial charge in [-0.15, -0.1) is 0 Å². The van der Waals surface area contributed by atoms with E-state index in [4.69, 9.17) is 4.79 Å². The van der Waals surface area contributed by atoms with E-state index in [1.807, 2.05) is 0 Å². The Balaban J connectivity index is 0.000000280. The SMILES string of the molecule is CCc1cccc(N2CCN(CC)CC2)c1.FC(F)(F)CC1CCCCC1.NC=O. The number of hydrogen-bond acceptors (Lipinski definition) is 3. The fourth-order valence-corrected chi connectivity index (χ4v) is 4.01. The van der Waals surface area contributed by atoms with Crippen LogP contribution in [-0.4, -0.2) is 50.2 Å². The molecule has 30 heavy (non-hydrogen) atoms. The number of benzene rings is 1. The minimum atomic E-state index is -3.94. The molecule has 1 amide bonds. The van der Waals surface area contributed by atoms with Crippen LogP contribution in [0.3, 0.4) is 0 Å². The number of nitrogens with two attached hydrogens (primary N) is 1. The van der Waals surface area contributed by atoms with E-state index < -0.39 is 12.6 Å². The summed E-state index contributed by atoms with van der Waals surface area (Å²) in [5.74, 6) is -0.0799. The van der Waals surface area contributed by atoms with Crippen molar-refractivity contribution in [3.63, 3.8) is 0 Å². The zero-order chi connectivity index (χ0) is 22.4. The van der Waals surface area contributed by atoms with E-state index in [1.165, 1.54) is 44.0 Å². The first-order chi connectivity index (χ1) is 14.3. The zero-order valence-electron chi connectivity index (χ0n) is 18.5. The second-order valence-corrected chi connectivity index (χ2v) is 7.90. The van der Waals surface area contributed by atoms with Gasteiger partial charge in [0.1, 0.15) is 0 Å². The van der Waals surface area contributed by atoms with Crippen molar-refractivity contribution >= 4 is 12.1 Å². The maximum absolute atomic E-state index is 11.8. The lowest BCUT2D eigenvalue weighted by molar-refractivity contribution is -0.146. The predicted molar refractivity (Wildman–Crippen MR) is 118 cm³/mol. The number of piperazine rings is 1. The van der Waals surface area contributed by atoms with Crippen molar-refractivity contribution < 1.29 is 18.0 Å². The van der Waals surface area contributed by atoms with Crippen LogP contribution in [0.15, 0.2) is 24.3 Å². The molecule has 2 fully saturated rings. The second kappa shape index (κ2) is 14.3. The molecule has 2 aliphatic rings. The molecule has 172 valence electrons. The van der Waals surface area contributed by atoms with Gasteiger partial charge < -0.3 is 15.5 Å². The maximum Gasteiger partial charge on any atom is 0.389 e. The highest BCUT2D eigenvalue weighted by molar-refractivity contribution is 5.49. The molecule has 0 unspecified atom stereocenters. The summed E-state index contributed by atoms with van der Waals surface area (Å²) in [5, 5.41) is 0. The molecular weight excluding hydrogens is 391 g/mol. The quantitative estimate of drug-likeness (QED) is 0.685. The van der Waals surface area contributed by atoms with Crippen molar-refractivity contribution in [2.75, 3.05) is 37.6 Å². The summed E-state index contributed by atoms with van der Waals surface area (Å²) in [5.41, 5.74) is 7.01. The van der Waals surface area contributed by atoms with Crippen LogP contribution in [0.1, 0.15) is 57.9 Å². The van der Waals surface area contributed by atoms with Crippen molar-refractivity contribution in [1.82, 2.24) is 4.90 Å². The van der Waals surface area contributed by atoms with Crippen molar-refractivity contribution in [2.45, 2.75) is 65.0 Å². The van der Waals surface area contributed by atoms with Crippen LogP contribution in [0, 0.1) is 5.92 Å². The van der Waals surface area contributed by atoms with E-state index in [-0.39, 0.29) is 12.3 Å². The fraction of sp³-hybridized carbons (Fsp3) is 0.696.